The molecule has 0 aliphatic carbocycles. The fourth-order valence-electron chi connectivity index (χ4n) is 1.80. The van der Waals surface area contributed by atoms with Gasteiger partial charge in [-0.3, -0.25) is 0 Å². The van der Waals surface area contributed by atoms with E-state index in [0.717, 1.165) is 0 Å². The first-order valence-corrected chi connectivity index (χ1v) is 8.42. The molecule has 0 atom stereocenters. The quantitative estimate of drug-likeness (QED) is 0.321. The Hall–Kier alpha value is -2.38. The van der Waals surface area contributed by atoms with E-state index in [0.29, 0.717) is 11.5 Å². The molecule has 4 rings (SSSR count). The van der Waals surface area contributed by atoms with Gasteiger partial charge in [-0.2, -0.15) is 35.4 Å². The van der Waals surface area contributed by atoms with Gasteiger partial charge in [0.25, 0.3) is 0 Å². The van der Waals surface area contributed by atoms with Gasteiger partial charge in [0, 0.05) is 0 Å². The number of benzene rings is 2. The van der Waals surface area contributed by atoms with Crippen LogP contribution in [0.2, 0.25) is 0 Å². The van der Waals surface area contributed by atoms with Crippen LogP contribution in [0.1, 0.15) is 11.1 Å². The number of phenolic OH excluding ortho intramolecular Hbond substituents is 2. The van der Waals surface area contributed by atoms with Gasteiger partial charge in [0.15, 0.2) is 0 Å². The summed E-state index contributed by atoms with van der Waals surface area (Å²) >= 11 is 0. The van der Waals surface area contributed by atoms with E-state index in [-0.39, 0.29) is 26.2 Å². The van der Waals surface area contributed by atoms with Gasteiger partial charge in [0.05, 0.1) is 0 Å². The monoisotopic (exact) mass is 436 g/mol. The van der Waals surface area contributed by atoms with E-state index in [1.807, 2.05) is 36.4 Å². The van der Waals surface area contributed by atoms with Crippen LogP contribution in [-0.2, 0) is 26.2 Å². The van der Waals surface area contributed by atoms with Crippen molar-refractivity contribution in [2.45, 2.75) is 13.8 Å². The van der Waals surface area contributed by atoms with Gasteiger partial charge < -0.3 is 10.2 Å². The largest absolute Gasteiger partial charge is 2.00 e. The first-order valence-electron chi connectivity index (χ1n) is 8.42. The molecule has 138 valence electrons. The molecule has 3 heteroatoms. The minimum Gasteiger partial charge on any atom is -0.508 e. The van der Waals surface area contributed by atoms with Crippen molar-refractivity contribution in [3.8, 4) is 11.5 Å². The minimum atomic E-state index is 0. The van der Waals surface area contributed by atoms with Crippen LogP contribution in [-0.4, -0.2) is 10.2 Å². The van der Waals surface area contributed by atoms with Crippen LogP contribution >= 0.6 is 0 Å². The van der Waals surface area contributed by atoms with E-state index < -0.39 is 0 Å². The number of aromatic hydroxyl groups is 2. The maximum absolute atomic E-state index is 8.63. The normalized spacial score (nSPS) is 8.37. The van der Waals surface area contributed by atoms with Gasteiger partial charge in [0.2, 0.25) is 0 Å². The molecule has 0 aliphatic heterocycles. The molecule has 0 heterocycles. The molecular formula is C24H26O2Zr. The zero-order valence-electron chi connectivity index (χ0n) is 15.8. The average molecular weight is 438 g/mol. The van der Waals surface area contributed by atoms with Crippen molar-refractivity contribution >= 4 is 0 Å². The van der Waals surface area contributed by atoms with Gasteiger partial charge in [0.1, 0.15) is 11.5 Å². The molecule has 0 aromatic heterocycles. The molecule has 0 amide bonds. The number of hydrogen-bond donors (Lipinski definition) is 2. The topological polar surface area (TPSA) is 40.5 Å². The molecule has 4 aromatic rings. The van der Waals surface area contributed by atoms with Gasteiger partial charge in [-0.05, 0) is 24.3 Å². The third kappa shape index (κ3) is 14.5. The molecule has 0 radical (unpaired) electrons. The standard InChI is InChI=1S/2C6H6O.2C6H7.Zr/c2*7-6-4-2-1-3-5-6;2*1-6-4-2-3-5-6;/h2*1-5,7H;2*2-5H,1H3;/q;;2*-1;+2. The molecule has 0 fully saturated rings. The molecule has 0 spiro atoms. The third-order valence-electron chi connectivity index (χ3n) is 3.17. The SMILES string of the molecule is C[c-]1cccc1.C[c-]1cccc1.Oc1ccccc1.Oc1ccccc1.[Zr+2]. The summed E-state index contributed by atoms with van der Waals surface area (Å²) in [7, 11) is 0. The van der Waals surface area contributed by atoms with Crippen molar-refractivity contribution in [3.63, 3.8) is 0 Å². The second kappa shape index (κ2) is 15.8. The number of para-hydroxylation sites is 2. The van der Waals surface area contributed by atoms with Gasteiger partial charge in [-0.1, -0.05) is 50.2 Å². The predicted octanol–water partition coefficient (Wildman–Crippen LogP) is 6.21. The fraction of sp³-hybridized carbons (Fsp3) is 0.0833. The number of rotatable bonds is 0. The maximum atomic E-state index is 8.63. The number of aryl methyl sites for hydroxylation is 2. The fourth-order valence-corrected chi connectivity index (χ4v) is 1.80. The smallest absolute Gasteiger partial charge is 0.508 e. The molecule has 0 bridgehead atoms. The average Bonchev–Trinajstić information content (AvgIpc) is 3.31. The summed E-state index contributed by atoms with van der Waals surface area (Å²) in [4.78, 5) is 0. The van der Waals surface area contributed by atoms with E-state index >= 15 is 0 Å². The van der Waals surface area contributed by atoms with E-state index in [9.17, 15) is 0 Å². The Bertz CT molecular complexity index is 692. The summed E-state index contributed by atoms with van der Waals surface area (Å²) in [5, 5.41) is 17.3. The van der Waals surface area contributed by atoms with Crippen molar-refractivity contribution in [1.29, 1.82) is 0 Å². The summed E-state index contributed by atoms with van der Waals surface area (Å²) in [5.41, 5.74) is 2.69. The Morgan fingerprint density at radius 1 is 0.481 bits per heavy atom. The Morgan fingerprint density at radius 3 is 0.852 bits per heavy atom. The summed E-state index contributed by atoms with van der Waals surface area (Å²) < 4.78 is 0. The van der Waals surface area contributed by atoms with Crippen molar-refractivity contribution in [2.75, 3.05) is 0 Å². The number of phenols is 2. The van der Waals surface area contributed by atoms with E-state index in [2.05, 4.69) is 38.1 Å². The van der Waals surface area contributed by atoms with Crippen LogP contribution in [0, 0.1) is 13.8 Å². The van der Waals surface area contributed by atoms with E-state index in [1.54, 1.807) is 48.5 Å². The molecule has 0 saturated heterocycles. The van der Waals surface area contributed by atoms with Crippen LogP contribution < -0.4 is 0 Å². The summed E-state index contributed by atoms with van der Waals surface area (Å²) in [6, 6.07) is 33.9. The van der Waals surface area contributed by atoms with Crippen LogP contribution in [0.3, 0.4) is 0 Å². The van der Waals surface area contributed by atoms with Crippen molar-refractivity contribution in [1.82, 2.24) is 0 Å². The minimum absolute atomic E-state index is 0. The van der Waals surface area contributed by atoms with Crippen molar-refractivity contribution in [2.24, 2.45) is 0 Å². The first kappa shape index (κ1) is 24.6. The molecule has 4 aromatic carbocycles. The second-order valence-electron chi connectivity index (χ2n) is 5.60. The van der Waals surface area contributed by atoms with Crippen molar-refractivity contribution < 1.29 is 36.4 Å². The Morgan fingerprint density at radius 2 is 0.741 bits per heavy atom. The molecule has 0 aliphatic rings. The summed E-state index contributed by atoms with van der Waals surface area (Å²) in [5.74, 6) is 0.644. The molecule has 2 N–H and O–H groups in total. The molecule has 2 nitrogen and oxygen atoms in total. The Labute approximate surface area is 181 Å². The Balaban J connectivity index is 0.000000331. The second-order valence-corrected chi connectivity index (χ2v) is 5.60. The maximum Gasteiger partial charge on any atom is 2.00 e. The van der Waals surface area contributed by atoms with Gasteiger partial charge in [-0.15, -0.1) is 0 Å². The van der Waals surface area contributed by atoms with Gasteiger partial charge >= 0.3 is 26.2 Å². The van der Waals surface area contributed by atoms with Crippen LogP contribution in [0.25, 0.3) is 0 Å². The number of hydrogen-bond acceptors (Lipinski definition) is 2. The van der Waals surface area contributed by atoms with E-state index in [4.69, 9.17) is 10.2 Å². The van der Waals surface area contributed by atoms with Crippen molar-refractivity contribution in [3.05, 3.63) is 120 Å². The zero-order chi connectivity index (χ0) is 19.0. The van der Waals surface area contributed by atoms with Gasteiger partial charge in [-0.25, -0.2) is 24.3 Å². The summed E-state index contributed by atoms with van der Waals surface area (Å²) in [6.45, 7) is 4.17. The molecule has 27 heavy (non-hydrogen) atoms. The predicted molar refractivity (Wildman–Crippen MR) is 110 cm³/mol. The van der Waals surface area contributed by atoms with Crippen LogP contribution in [0.4, 0.5) is 0 Å². The first-order chi connectivity index (χ1) is 12.6. The molecule has 0 saturated carbocycles. The van der Waals surface area contributed by atoms with Crippen LogP contribution in [0.15, 0.2) is 109 Å². The Kier molecular flexibility index (Phi) is 14.5. The molecular weight excluding hydrogens is 411 g/mol. The third-order valence-corrected chi connectivity index (χ3v) is 3.17. The van der Waals surface area contributed by atoms with Crippen LogP contribution in [0.5, 0.6) is 11.5 Å². The molecule has 0 unspecified atom stereocenters. The van der Waals surface area contributed by atoms with E-state index in [1.165, 1.54) is 11.1 Å². The zero-order valence-corrected chi connectivity index (χ0v) is 18.2. The summed E-state index contributed by atoms with van der Waals surface area (Å²) in [6.07, 6.45) is 0.